The van der Waals surface area contributed by atoms with Crippen LogP contribution < -0.4 is 5.32 Å². The van der Waals surface area contributed by atoms with Crippen molar-refractivity contribution in [2.24, 2.45) is 0 Å². The Balaban J connectivity index is 1.56. The van der Waals surface area contributed by atoms with Gasteiger partial charge >= 0.3 is 0 Å². The molecule has 0 aliphatic carbocycles. The van der Waals surface area contributed by atoms with Crippen molar-refractivity contribution in [1.82, 2.24) is 20.2 Å². The fourth-order valence-corrected chi connectivity index (χ4v) is 2.75. The van der Waals surface area contributed by atoms with Crippen molar-refractivity contribution in [3.05, 3.63) is 59.7 Å². The minimum atomic E-state index is -0.797. The van der Waals surface area contributed by atoms with E-state index in [0.29, 0.717) is 32.0 Å². The van der Waals surface area contributed by atoms with E-state index in [9.17, 15) is 18.4 Å². The van der Waals surface area contributed by atoms with E-state index in [1.165, 1.54) is 18.6 Å². The van der Waals surface area contributed by atoms with Crippen LogP contribution in [0.3, 0.4) is 0 Å². The zero-order valence-electron chi connectivity index (χ0n) is 13.3. The maximum Gasteiger partial charge on any atom is 0.274 e. The number of carbonyl (C=O) groups excluding carboxylic acids is 2. The van der Waals surface area contributed by atoms with Crippen molar-refractivity contribution in [2.75, 3.05) is 13.1 Å². The Bertz CT molecular complexity index is 757. The number of nitrogens with one attached hydrogen (secondary N) is 1. The van der Waals surface area contributed by atoms with Crippen molar-refractivity contribution >= 4 is 11.8 Å². The highest BCUT2D eigenvalue weighted by Gasteiger charge is 2.25. The summed E-state index contributed by atoms with van der Waals surface area (Å²) in [5, 5.41) is 2.75. The van der Waals surface area contributed by atoms with Crippen molar-refractivity contribution in [3.8, 4) is 0 Å². The zero-order chi connectivity index (χ0) is 17.8. The van der Waals surface area contributed by atoms with Crippen LogP contribution in [0.15, 0.2) is 36.8 Å². The number of likely N-dealkylation sites (tertiary alicyclic amines) is 1. The lowest BCUT2D eigenvalue weighted by molar-refractivity contribution is 0.0692. The summed E-state index contributed by atoms with van der Waals surface area (Å²) in [5.74, 6) is -2.33. The minimum Gasteiger partial charge on any atom is -0.349 e. The van der Waals surface area contributed by atoms with Crippen LogP contribution in [0.4, 0.5) is 8.78 Å². The molecule has 3 rings (SSSR count). The van der Waals surface area contributed by atoms with E-state index in [-0.39, 0.29) is 23.2 Å². The Morgan fingerprint density at radius 3 is 2.36 bits per heavy atom. The molecule has 2 heterocycles. The first-order chi connectivity index (χ1) is 12.0. The number of hydrogen-bond donors (Lipinski definition) is 1. The second-order valence-corrected chi connectivity index (χ2v) is 5.79. The van der Waals surface area contributed by atoms with E-state index in [2.05, 4.69) is 15.3 Å². The van der Waals surface area contributed by atoms with Gasteiger partial charge in [0.05, 0.1) is 6.20 Å². The van der Waals surface area contributed by atoms with Gasteiger partial charge in [-0.15, -0.1) is 0 Å². The summed E-state index contributed by atoms with van der Waals surface area (Å²) in [4.78, 5) is 33.9. The smallest absolute Gasteiger partial charge is 0.274 e. The number of nitrogens with zero attached hydrogens (tertiary/aromatic N) is 3. The molecule has 0 saturated carbocycles. The molecule has 1 aliphatic rings. The monoisotopic (exact) mass is 346 g/mol. The van der Waals surface area contributed by atoms with Gasteiger partial charge < -0.3 is 10.2 Å². The molecule has 0 radical (unpaired) electrons. The molecule has 0 bridgehead atoms. The molecule has 130 valence electrons. The van der Waals surface area contributed by atoms with Crippen LogP contribution in [0.5, 0.6) is 0 Å². The number of rotatable bonds is 3. The Kier molecular flexibility index (Phi) is 4.97. The van der Waals surface area contributed by atoms with Gasteiger partial charge in [-0.25, -0.2) is 13.8 Å². The summed E-state index contributed by atoms with van der Waals surface area (Å²) in [6, 6.07) is 2.54. The Morgan fingerprint density at radius 1 is 1.08 bits per heavy atom. The molecule has 1 aromatic carbocycles. The predicted octanol–water partition coefficient (Wildman–Crippen LogP) is 1.79. The number of piperidine rings is 1. The van der Waals surface area contributed by atoms with Crippen LogP contribution in [0.25, 0.3) is 0 Å². The highest BCUT2D eigenvalue weighted by atomic mass is 19.1. The molecule has 8 heteroatoms. The number of halogens is 2. The number of benzene rings is 1. The third-order valence-corrected chi connectivity index (χ3v) is 4.02. The van der Waals surface area contributed by atoms with Crippen molar-refractivity contribution in [2.45, 2.75) is 18.9 Å². The molecule has 1 aromatic heterocycles. The van der Waals surface area contributed by atoms with E-state index in [4.69, 9.17) is 0 Å². The van der Waals surface area contributed by atoms with Crippen LogP contribution in [0.2, 0.25) is 0 Å². The maximum absolute atomic E-state index is 13.2. The van der Waals surface area contributed by atoms with E-state index in [1.807, 2.05) is 0 Å². The summed E-state index contributed by atoms with van der Waals surface area (Å²) in [6.07, 6.45) is 5.46. The average Bonchev–Trinajstić information content (AvgIpc) is 2.61. The Labute approximate surface area is 142 Å². The first-order valence-electron chi connectivity index (χ1n) is 7.85. The van der Waals surface area contributed by atoms with E-state index in [1.54, 1.807) is 4.90 Å². The third-order valence-electron chi connectivity index (χ3n) is 4.02. The van der Waals surface area contributed by atoms with Crippen LogP contribution in [-0.4, -0.2) is 45.8 Å². The molecule has 1 fully saturated rings. The molecular weight excluding hydrogens is 330 g/mol. The van der Waals surface area contributed by atoms with Gasteiger partial charge in [0.1, 0.15) is 17.3 Å². The molecule has 1 aliphatic heterocycles. The first kappa shape index (κ1) is 16.9. The molecule has 2 aromatic rings. The molecule has 0 spiro atoms. The molecule has 2 amide bonds. The van der Waals surface area contributed by atoms with Crippen LogP contribution in [-0.2, 0) is 0 Å². The first-order valence-corrected chi connectivity index (χ1v) is 7.85. The number of amides is 2. The topological polar surface area (TPSA) is 75.2 Å². The van der Waals surface area contributed by atoms with E-state index >= 15 is 0 Å². The lowest BCUT2D eigenvalue weighted by Gasteiger charge is -2.32. The summed E-state index contributed by atoms with van der Waals surface area (Å²) >= 11 is 0. The third kappa shape index (κ3) is 4.14. The molecule has 25 heavy (non-hydrogen) atoms. The van der Waals surface area contributed by atoms with Crippen LogP contribution in [0.1, 0.15) is 33.7 Å². The van der Waals surface area contributed by atoms with Gasteiger partial charge in [0.15, 0.2) is 0 Å². The summed E-state index contributed by atoms with van der Waals surface area (Å²) in [5.41, 5.74) is 0.218. The molecule has 6 nitrogen and oxygen atoms in total. The molecule has 1 saturated heterocycles. The number of hydrogen-bond acceptors (Lipinski definition) is 4. The van der Waals surface area contributed by atoms with Gasteiger partial charge in [0, 0.05) is 43.2 Å². The van der Waals surface area contributed by atoms with Gasteiger partial charge in [0.2, 0.25) is 0 Å². The highest BCUT2D eigenvalue weighted by Crippen LogP contribution is 2.14. The zero-order valence-corrected chi connectivity index (χ0v) is 13.3. The predicted molar refractivity (Wildman–Crippen MR) is 84.8 cm³/mol. The van der Waals surface area contributed by atoms with Gasteiger partial charge in [-0.1, -0.05) is 0 Å². The molecule has 1 N–H and O–H groups in total. The quantitative estimate of drug-likeness (QED) is 0.919. The van der Waals surface area contributed by atoms with Gasteiger partial charge in [-0.2, -0.15) is 0 Å². The molecule has 0 atom stereocenters. The van der Waals surface area contributed by atoms with Gasteiger partial charge in [0.25, 0.3) is 11.8 Å². The fraction of sp³-hybridized carbons (Fsp3) is 0.294. The lowest BCUT2D eigenvalue weighted by Crippen LogP contribution is -2.46. The van der Waals surface area contributed by atoms with Gasteiger partial charge in [-0.05, 0) is 25.0 Å². The molecular formula is C17H16F2N4O2. The fourth-order valence-electron chi connectivity index (χ4n) is 2.75. The maximum atomic E-state index is 13.2. The largest absolute Gasteiger partial charge is 0.349 e. The second-order valence-electron chi connectivity index (χ2n) is 5.79. The summed E-state index contributed by atoms with van der Waals surface area (Å²) < 4.78 is 26.4. The van der Waals surface area contributed by atoms with Crippen LogP contribution in [0, 0.1) is 11.6 Å². The Hall–Kier alpha value is -2.90. The second kappa shape index (κ2) is 7.33. The summed E-state index contributed by atoms with van der Waals surface area (Å²) in [6.45, 7) is 0.912. The van der Waals surface area contributed by atoms with E-state index < -0.39 is 17.5 Å². The van der Waals surface area contributed by atoms with Crippen molar-refractivity contribution < 1.29 is 18.4 Å². The average molecular weight is 346 g/mol. The van der Waals surface area contributed by atoms with Crippen molar-refractivity contribution in [1.29, 1.82) is 0 Å². The number of carbonyl (C=O) groups is 2. The minimum absolute atomic E-state index is 0.0597. The normalized spacial score (nSPS) is 15.0. The standard InChI is InChI=1S/C17H16F2N4O2/c18-12-7-11(8-13(19)9-12)16(24)22-14-1-5-23(6-2-14)17(25)15-10-20-3-4-21-15/h3-4,7-10,14H,1-2,5-6H2,(H,22,24). The summed E-state index contributed by atoms with van der Waals surface area (Å²) in [7, 11) is 0. The molecule has 0 unspecified atom stereocenters. The van der Waals surface area contributed by atoms with Crippen molar-refractivity contribution in [3.63, 3.8) is 0 Å². The lowest BCUT2D eigenvalue weighted by atomic mass is 10.0. The number of aromatic nitrogens is 2. The Morgan fingerprint density at radius 2 is 1.76 bits per heavy atom. The van der Waals surface area contributed by atoms with Gasteiger partial charge in [-0.3, -0.25) is 14.6 Å². The SMILES string of the molecule is O=C(NC1CCN(C(=O)c2cnccn2)CC1)c1cc(F)cc(F)c1. The van der Waals surface area contributed by atoms with Crippen LogP contribution >= 0.6 is 0 Å². The highest BCUT2D eigenvalue weighted by molar-refractivity contribution is 5.94. The van der Waals surface area contributed by atoms with E-state index in [0.717, 1.165) is 12.1 Å².